The van der Waals surface area contributed by atoms with Crippen LogP contribution in [0.5, 0.6) is 0 Å². The lowest BCUT2D eigenvalue weighted by Crippen LogP contribution is -2.42. The highest BCUT2D eigenvalue weighted by Gasteiger charge is 2.38. The van der Waals surface area contributed by atoms with Crippen molar-refractivity contribution in [2.24, 2.45) is 0 Å². The molecule has 0 aliphatic carbocycles. The van der Waals surface area contributed by atoms with Gasteiger partial charge in [-0.3, -0.25) is 0 Å². The number of rotatable bonds is 1. The first-order chi connectivity index (χ1) is 8.02. The lowest BCUT2D eigenvalue weighted by atomic mass is 9.71. The van der Waals surface area contributed by atoms with E-state index in [2.05, 4.69) is 51.1 Å². The maximum atomic E-state index is 5.78. The maximum absolute atomic E-state index is 5.78. The molecule has 0 N–H and O–H groups in total. The molecule has 96 valence electrons. The number of benzene rings is 1. The van der Waals surface area contributed by atoms with Gasteiger partial charge in [0.1, 0.15) is 0 Å². The lowest BCUT2D eigenvalue weighted by molar-refractivity contribution is -0.0787. The minimum absolute atomic E-state index is 0.0167. The summed E-state index contributed by atoms with van der Waals surface area (Å²) in [5.74, 6) is 0. The van der Waals surface area contributed by atoms with E-state index in [-0.39, 0.29) is 11.0 Å². The molecule has 1 atom stereocenters. The molecular formula is C16H26O. The fourth-order valence-corrected chi connectivity index (χ4v) is 2.72. The van der Waals surface area contributed by atoms with Gasteiger partial charge >= 0.3 is 0 Å². The zero-order valence-corrected chi connectivity index (χ0v) is 11.9. The highest BCUT2D eigenvalue weighted by molar-refractivity contribution is 5.25. The minimum Gasteiger partial charge on any atom is -0.376 e. The third kappa shape index (κ3) is 3.57. The molecule has 0 radical (unpaired) electrons. The van der Waals surface area contributed by atoms with E-state index in [9.17, 15) is 0 Å². The molecule has 0 bridgehead atoms. The molecule has 0 saturated carbocycles. The smallest absolute Gasteiger partial charge is 0.0634 e. The molecule has 1 unspecified atom stereocenters. The Morgan fingerprint density at radius 1 is 1.00 bits per heavy atom. The second-order valence-corrected chi connectivity index (χ2v) is 5.46. The van der Waals surface area contributed by atoms with Crippen molar-refractivity contribution in [3.63, 3.8) is 0 Å². The SMILES string of the molecule is CC.CC1(C)CC(C)(c2ccccc2)CCO1. The van der Waals surface area contributed by atoms with E-state index in [1.54, 1.807) is 0 Å². The topological polar surface area (TPSA) is 9.23 Å². The summed E-state index contributed by atoms with van der Waals surface area (Å²) in [6.07, 6.45) is 2.23. The highest BCUT2D eigenvalue weighted by Crippen LogP contribution is 2.40. The van der Waals surface area contributed by atoms with Crippen molar-refractivity contribution < 1.29 is 4.74 Å². The van der Waals surface area contributed by atoms with Crippen LogP contribution in [-0.4, -0.2) is 12.2 Å². The Morgan fingerprint density at radius 2 is 1.59 bits per heavy atom. The third-order valence-electron chi connectivity index (χ3n) is 3.43. The van der Waals surface area contributed by atoms with Gasteiger partial charge in [0.25, 0.3) is 0 Å². The largest absolute Gasteiger partial charge is 0.376 e. The Kier molecular flexibility index (Phi) is 4.76. The molecule has 1 aliphatic rings. The van der Waals surface area contributed by atoms with Gasteiger partial charge in [0, 0.05) is 6.61 Å². The molecule has 0 spiro atoms. The molecule has 0 amide bonds. The minimum atomic E-state index is 0.0167. The predicted octanol–water partition coefficient (Wildman–Crippen LogP) is 4.56. The summed E-state index contributed by atoms with van der Waals surface area (Å²) in [6, 6.07) is 10.8. The fourth-order valence-electron chi connectivity index (χ4n) is 2.72. The third-order valence-corrected chi connectivity index (χ3v) is 3.43. The first kappa shape index (κ1) is 14.2. The van der Waals surface area contributed by atoms with Crippen LogP contribution >= 0.6 is 0 Å². The van der Waals surface area contributed by atoms with E-state index in [4.69, 9.17) is 4.74 Å². The average Bonchev–Trinajstić information content (AvgIpc) is 2.31. The van der Waals surface area contributed by atoms with Crippen LogP contribution in [0.4, 0.5) is 0 Å². The first-order valence-corrected chi connectivity index (χ1v) is 6.71. The predicted molar refractivity (Wildman–Crippen MR) is 74.4 cm³/mol. The van der Waals surface area contributed by atoms with E-state index in [0.29, 0.717) is 0 Å². The number of hydrogen-bond acceptors (Lipinski definition) is 1. The van der Waals surface area contributed by atoms with E-state index < -0.39 is 0 Å². The van der Waals surface area contributed by atoms with Gasteiger partial charge in [0.15, 0.2) is 0 Å². The summed E-state index contributed by atoms with van der Waals surface area (Å²) in [6.45, 7) is 11.6. The Balaban J connectivity index is 0.000000686. The first-order valence-electron chi connectivity index (χ1n) is 6.71. The molecule has 1 nitrogen and oxygen atoms in total. The molecule has 17 heavy (non-hydrogen) atoms. The maximum Gasteiger partial charge on any atom is 0.0634 e. The molecule has 1 aromatic carbocycles. The van der Waals surface area contributed by atoms with Crippen LogP contribution in [-0.2, 0) is 10.2 Å². The lowest BCUT2D eigenvalue weighted by Gasteiger charge is -2.43. The Hall–Kier alpha value is -0.820. The van der Waals surface area contributed by atoms with Gasteiger partial charge in [-0.2, -0.15) is 0 Å². The van der Waals surface area contributed by atoms with E-state index in [1.165, 1.54) is 5.56 Å². The van der Waals surface area contributed by atoms with Gasteiger partial charge in [-0.25, -0.2) is 0 Å². The van der Waals surface area contributed by atoms with Crippen molar-refractivity contribution in [2.45, 2.75) is 58.5 Å². The summed E-state index contributed by atoms with van der Waals surface area (Å²) in [5, 5.41) is 0. The average molecular weight is 234 g/mol. The van der Waals surface area contributed by atoms with Crippen LogP contribution in [0, 0.1) is 0 Å². The van der Waals surface area contributed by atoms with Crippen LogP contribution < -0.4 is 0 Å². The van der Waals surface area contributed by atoms with Crippen molar-refractivity contribution in [3.05, 3.63) is 35.9 Å². The summed E-state index contributed by atoms with van der Waals surface area (Å²) >= 11 is 0. The molecule has 0 aromatic heterocycles. The van der Waals surface area contributed by atoms with Crippen LogP contribution in [0.2, 0.25) is 0 Å². The summed E-state index contributed by atoms with van der Waals surface area (Å²) in [4.78, 5) is 0. The summed E-state index contributed by atoms with van der Waals surface area (Å²) in [5.41, 5.74) is 1.74. The quantitative estimate of drug-likeness (QED) is 0.692. The van der Waals surface area contributed by atoms with Crippen molar-refractivity contribution in [3.8, 4) is 0 Å². The van der Waals surface area contributed by atoms with E-state index in [0.717, 1.165) is 19.4 Å². The number of ether oxygens (including phenoxy) is 1. The molecule has 1 saturated heterocycles. The van der Waals surface area contributed by atoms with Crippen molar-refractivity contribution in [2.75, 3.05) is 6.61 Å². The van der Waals surface area contributed by atoms with Gasteiger partial charge in [0.05, 0.1) is 5.60 Å². The van der Waals surface area contributed by atoms with Crippen molar-refractivity contribution in [1.29, 1.82) is 0 Å². The number of hydrogen-bond donors (Lipinski definition) is 0. The molecule has 1 fully saturated rings. The normalized spacial score (nSPS) is 26.9. The fraction of sp³-hybridized carbons (Fsp3) is 0.625. The van der Waals surface area contributed by atoms with Gasteiger partial charge in [-0.1, -0.05) is 51.1 Å². The zero-order valence-electron chi connectivity index (χ0n) is 11.9. The van der Waals surface area contributed by atoms with E-state index >= 15 is 0 Å². The summed E-state index contributed by atoms with van der Waals surface area (Å²) in [7, 11) is 0. The standard InChI is InChI=1S/C14H20O.C2H6/c1-13(2)11-14(3,9-10-15-13)12-7-5-4-6-8-12;1-2/h4-8H,9-11H2,1-3H3;1-2H3. The zero-order chi connectivity index (χ0) is 12.9. The van der Waals surface area contributed by atoms with Crippen LogP contribution in [0.25, 0.3) is 0 Å². The van der Waals surface area contributed by atoms with Crippen molar-refractivity contribution >= 4 is 0 Å². The van der Waals surface area contributed by atoms with Gasteiger partial charge in [-0.05, 0) is 37.7 Å². The van der Waals surface area contributed by atoms with E-state index in [1.807, 2.05) is 13.8 Å². The Bertz CT molecular complexity index is 329. The van der Waals surface area contributed by atoms with Crippen LogP contribution in [0.3, 0.4) is 0 Å². The molecular weight excluding hydrogens is 208 g/mol. The molecule has 1 aliphatic heterocycles. The Morgan fingerprint density at radius 3 is 2.12 bits per heavy atom. The second-order valence-electron chi connectivity index (χ2n) is 5.46. The molecule has 1 heteroatoms. The highest BCUT2D eigenvalue weighted by atomic mass is 16.5. The molecule has 2 rings (SSSR count). The Labute approximate surface area is 106 Å². The van der Waals surface area contributed by atoms with Crippen molar-refractivity contribution in [1.82, 2.24) is 0 Å². The molecule has 1 aromatic rings. The van der Waals surface area contributed by atoms with Crippen LogP contribution in [0.1, 0.15) is 53.0 Å². The molecule has 1 heterocycles. The van der Waals surface area contributed by atoms with Crippen LogP contribution in [0.15, 0.2) is 30.3 Å². The van der Waals surface area contributed by atoms with Gasteiger partial charge in [0.2, 0.25) is 0 Å². The second kappa shape index (κ2) is 5.68. The van der Waals surface area contributed by atoms with Gasteiger partial charge in [-0.15, -0.1) is 0 Å². The summed E-state index contributed by atoms with van der Waals surface area (Å²) < 4.78 is 5.78. The monoisotopic (exact) mass is 234 g/mol. The van der Waals surface area contributed by atoms with Gasteiger partial charge < -0.3 is 4.74 Å².